The molecule has 1 aromatic rings. The van der Waals surface area contributed by atoms with E-state index in [2.05, 4.69) is 5.32 Å². The molecule has 0 saturated carbocycles. The number of piperidine rings is 1. The van der Waals surface area contributed by atoms with Crippen molar-refractivity contribution in [2.75, 3.05) is 51.8 Å². The quantitative estimate of drug-likeness (QED) is 0.551. The van der Waals surface area contributed by atoms with Gasteiger partial charge < -0.3 is 14.8 Å². The Morgan fingerprint density at radius 1 is 1.10 bits per heavy atom. The highest BCUT2D eigenvalue weighted by Crippen LogP contribution is 2.30. The summed E-state index contributed by atoms with van der Waals surface area (Å²) in [5.74, 6) is -0.427. The lowest BCUT2D eigenvalue weighted by Crippen LogP contribution is -2.36. The molecule has 0 bridgehead atoms. The molecule has 0 spiro atoms. The number of likely N-dealkylation sites (N-methyl/N-ethyl adjacent to an activating group) is 1. The van der Waals surface area contributed by atoms with Crippen LogP contribution in [0.1, 0.15) is 33.1 Å². The van der Waals surface area contributed by atoms with Crippen molar-refractivity contribution in [3.05, 3.63) is 18.2 Å². The molecular weight excluding hydrogens is 410 g/mol. The molecule has 1 saturated heterocycles. The Bertz CT molecular complexity index is 837. The molecule has 10 heteroatoms. The Morgan fingerprint density at radius 2 is 1.80 bits per heavy atom. The molecule has 1 N–H and O–H groups in total. The van der Waals surface area contributed by atoms with Gasteiger partial charge in [-0.15, -0.1) is 0 Å². The molecule has 0 aromatic heterocycles. The van der Waals surface area contributed by atoms with E-state index < -0.39 is 21.9 Å². The SMILES string of the molecule is CCOC(=O)CN(C)CC(=O)Nc1cc(S(=O)(=O)N2CCCCC2)ccc1OCC. The van der Waals surface area contributed by atoms with Gasteiger partial charge in [-0.25, -0.2) is 8.42 Å². The number of sulfonamides is 1. The third-order valence-corrected chi connectivity index (χ3v) is 6.49. The van der Waals surface area contributed by atoms with E-state index in [1.54, 1.807) is 27.0 Å². The Hall–Kier alpha value is -2.17. The van der Waals surface area contributed by atoms with Crippen molar-refractivity contribution in [3.63, 3.8) is 0 Å². The predicted octanol–water partition coefficient (Wildman–Crippen LogP) is 1.69. The molecule has 1 fully saturated rings. The standard InChI is InChI=1S/C20H31N3O6S/c1-4-28-18-10-9-16(30(26,27)23-11-7-6-8-12-23)13-17(18)21-19(24)14-22(3)15-20(25)29-5-2/h9-10,13H,4-8,11-12,14-15H2,1-3H3,(H,21,24). The number of rotatable bonds is 10. The number of anilines is 1. The van der Waals surface area contributed by atoms with Crippen molar-refractivity contribution in [3.8, 4) is 5.75 Å². The van der Waals surface area contributed by atoms with Crippen molar-refractivity contribution in [2.24, 2.45) is 0 Å². The van der Waals surface area contributed by atoms with Gasteiger partial charge in [0, 0.05) is 13.1 Å². The zero-order valence-corrected chi connectivity index (χ0v) is 18.7. The van der Waals surface area contributed by atoms with Crippen LogP contribution in [-0.4, -0.2) is 75.9 Å². The molecule has 1 aliphatic heterocycles. The molecular formula is C20H31N3O6S. The monoisotopic (exact) mass is 441 g/mol. The van der Waals surface area contributed by atoms with Crippen LogP contribution < -0.4 is 10.1 Å². The zero-order valence-electron chi connectivity index (χ0n) is 17.8. The smallest absolute Gasteiger partial charge is 0.320 e. The van der Waals surface area contributed by atoms with Gasteiger partial charge in [-0.1, -0.05) is 6.42 Å². The Labute approximate surface area is 178 Å². The number of nitrogens with one attached hydrogen (secondary N) is 1. The molecule has 2 rings (SSSR count). The molecule has 0 radical (unpaired) electrons. The van der Waals surface area contributed by atoms with E-state index in [4.69, 9.17) is 9.47 Å². The molecule has 9 nitrogen and oxygen atoms in total. The van der Waals surface area contributed by atoms with Crippen LogP contribution in [0.25, 0.3) is 0 Å². The number of benzene rings is 1. The van der Waals surface area contributed by atoms with E-state index in [-0.39, 0.29) is 30.3 Å². The first kappa shape index (κ1) is 24.1. The number of carbonyl (C=O) groups is 2. The second-order valence-corrected chi connectivity index (χ2v) is 9.02. The third kappa shape index (κ3) is 6.68. The van der Waals surface area contributed by atoms with Gasteiger partial charge in [0.05, 0.1) is 36.9 Å². The minimum Gasteiger partial charge on any atom is -0.492 e. The van der Waals surface area contributed by atoms with Gasteiger partial charge in [-0.3, -0.25) is 14.5 Å². The molecule has 0 unspecified atom stereocenters. The van der Waals surface area contributed by atoms with Crippen molar-refractivity contribution in [2.45, 2.75) is 38.0 Å². The van der Waals surface area contributed by atoms with Gasteiger partial charge >= 0.3 is 5.97 Å². The first-order valence-corrected chi connectivity index (χ1v) is 11.6. The first-order chi connectivity index (χ1) is 14.3. The minimum absolute atomic E-state index is 0.0248. The summed E-state index contributed by atoms with van der Waals surface area (Å²) in [6, 6.07) is 4.48. The molecule has 1 amide bonds. The summed E-state index contributed by atoms with van der Waals surface area (Å²) in [6.07, 6.45) is 2.70. The van der Waals surface area contributed by atoms with Crippen molar-refractivity contribution in [1.29, 1.82) is 0 Å². The van der Waals surface area contributed by atoms with E-state index in [0.29, 0.717) is 25.4 Å². The van der Waals surface area contributed by atoms with Gasteiger partial charge in [0.15, 0.2) is 0 Å². The lowest BCUT2D eigenvalue weighted by atomic mass is 10.2. The van der Waals surface area contributed by atoms with Crippen molar-refractivity contribution in [1.82, 2.24) is 9.21 Å². The van der Waals surface area contributed by atoms with Crippen LogP contribution in [0.2, 0.25) is 0 Å². The number of amides is 1. The Morgan fingerprint density at radius 3 is 2.43 bits per heavy atom. The average Bonchev–Trinajstić information content (AvgIpc) is 2.70. The fraction of sp³-hybridized carbons (Fsp3) is 0.600. The topological polar surface area (TPSA) is 105 Å². The van der Waals surface area contributed by atoms with Crippen LogP contribution in [0.4, 0.5) is 5.69 Å². The Kier molecular flexibility index (Phi) is 9.07. The van der Waals surface area contributed by atoms with E-state index in [9.17, 15) is 18.0 Å². The summed E-state index contributed by atoms with van der Waals surface area (Å²) in [5, 5.41) is 2.71. The van der Waals surface area contributed by atoms with Gasteiger partial charge in [-0.05, 0) is 51.9 Å². The van der Waals surface area contributed by atoms with Gasteiger partial charge in [0.2, 0.25) is 15.9 Å². The van der Waals surface area contributed by atoms with Crippen molar-refractivity contribution < 1.29 is 27.5 Å². The predicted molar refractivity (Wildman–Crippen MR) is 113 cm³/mol. The maximum absolute atomic E-state index is 13.0. The maximum Gasteiger partial charge on any atom is 0.320 e. The second-order valence-electron chi connectivity index (χ2n) is 7.08. The highest BCUT2D eigenvalue weighted by molar-refractivity contribution is 7.89. The summed E-state index contributed by atoms with van der Waals surface area (Å²) >= 11 is 0. The molecule has 0 aliphatic carbocycles. The largest absolute Gasteiger partial charge is 0.492 e. The fourth-order valence-electron chi connectivity index (χ4n) is 3.22. The number of ether oxygens (including phenoxy) is 2. The van der Waals surface area contributed by atoms with Crippen molar-refractivity contribution >= 4 is 27.6 Å². The first-order valence-electron chi connectivity index (χ1n) is 10.2. The number of esters is 1. The zero-order chi connectivity index (χ0) is 22.1. The second kappa shape index (κ2) is 11.3. The van der Waals surface area contributed by atoms with Crippen LogP contribution in [0, 0.1) is 0 Å². The average molecular weight is 442 g/mol. The molecule has 1 heterocycles. The van der Waals surface area contributed by atoms with Crippen LogP contribution in [-0.2, 0) is 24.3 Å². The minimum atomic E-state index is -3.64. The number of nitrogens with zero attached hydrogens (tertiary/aromatic N) is 2. The highest BCUT2D eigenvalue weighted by atomic mass is 32.2. The summed E-state index contributed by atoms with van der Waals surface area (Å²) < 4.78 is 37.8. The van der Waals surface area contributed by atoms with Crippen LogP contribution in [0.5, 0.6) is 5.75 Å². The summed E-state index contributed by atoms with van der Waals surface area (Å²) in [5.41, 5.74) is 0.282. The number of hydrogen-bond donors (Lipinski definition) is 1. The van der Waals surface area contributed by atoms with E-state index >= 15 is 0 Å². The maximum atomic E-state index is 13.0. The number of carbonyl (C=O) groups excluding carboxylic acids is 2. The van der Waals surface area contributed by atoms with E-state index in [1.165, 1.54) is 21.3 Å². The molecule has 168 valence electrons. The van der Waals surface area contributed by atoms with Crippen LogP contribution in [0.15, 0.2) is 23.1 Å². The highest BCUT2D eigenvalue weighted by Gasteiger charge is 2.27. The lowest BCUT2D eigenvalue weighted by Gasteiger charge is -2.26. The summed E-state index contributed by atoms with van der Waals surface area (Å²) in [7, 11) is -2.02. The molecule has 30 heavy (non-hydrogen) atoms. The summed E-state index contributed by atoms with van der Waals surface area (Å²) in [6.45, 7) is 5.06. The molecule has 0 atom stereocenters. The molecule has 1 aliphatic rings. The van der Waals surface area contributed by atoms with Crippen LogP contribution >= 0.6 is 0 Å². The summed E-state index contributed by atoms with van der Waals surface area (Å²) in [4.78, 5) is 25.6. The van der Waals surface area contributed by atoms with Gasteiger partial charge in [0.1, 0.15) is 5.75 Å². The lowest BCUT2D eigenvalue weighted by molar-refractivity contribution is -0.144. The third-order valence-electron chi connectivity index (χ3n) is 4.60. The normalized spacial score (nSPS) is 15.1. The fourth-order valence-corrected chi connectivity index (χ4v) is 4.76. The van der Waals surface area contributed by atoms with Gasteiger partial charge in [0.25, 0.3) is 0 Å². The van der Waals surface area contributed by atoms with Gasteiger partial charge in [-0.2, -0.15) is 4.31 Å². The van der Waals surface area contributed by atoms with Crippen LogP contribution in [0.3, 0.4) is 0 Å². The Balaban J connectivity index is 2.15. The van der Waals surface area contributed by atoms with E-state index in [0.717, 1.165) is 19.3 Å². The van der Waals surface area contributed by atoms with E-state index in [1.807, 2.05) is 0 Å². The molecule has 1 aromatic carbocycles. The number of hydrogen-bond acceptors (Lipinski definition) is 7.